The van der Waals surface area contributed by atoms with Gasteiger partial charge in [-0.1, -0.05) is 49.4 Å². The van der Waals surface area contributed by atoms with Crippen molar-refractivity contribution < 1.29 is 22.7 Å². The number of sulfonamides is 1. The van der Waals surface area contributed by atoms with Gasteiger partial charge in [0.05, 0.1) is 17.2 Å². The van der Waals surface area contributed by atoms with E-state index in [0.717, 1.165) is 21.9 Å². The Kier molecular flexibility index (Phi) is 10.7. The van der Waals surface area contributed by atoms with E-state index in [1.807, 2.05) is 52.0 Å². The smallest absolute Gasteiger partial charge is 0.264 e. The Morgan fingerprint density at radius 1 is 0.900 bits per heavy atom. The van der Waals surface area contributed by atoms with Crippen LogP contribution in [0.1, 0.15) is 45.2 Å². The molecule has 1 N–H and O–H groups in total. The van der Waals surface area contributed by atoms with Crippen LogP contribution >= 0.6 is 0 Å². The molecule has 0 saturated carbocycles. The summed E-state index contributed by atoms with van der Waals surface area (Å²) in [6.45, 7) is 9.46. The molecule has 9 heteroatoms. The third-order valence-electron chi connectivity index (χ3n) is 6.82. The lowest BCUT2D eigenvalue weighted by Gasteiger charge is -2.32. The van der Waals surface area contributed by atoms with Gasteiger partial charge < -0.3 is 15.0 Å². The number of para-hydroxylation sites is 1. The van der Waals surface area contributed by atoms with E-state index in [-0.39, 0.29) is 23.4 Å². The number of anilines is 1. The molecule has 0 radical (unpaired) electrons. The molecule has 8 nitrogen and oxygen atoms in total. The second-order valence-electron chi connectivity index (χ2n) is 9.69. The molecule has 0 aliphatic carbocycles. The second kappa shape index (κ2) is 14.0. The predicted octanol–water partition coefficient (Wildman–Crippen LogP) is 4.92. The number of carbonyl (C=O) groups excluding carboxylic acids is 2. The molecule has 0 aliphatic rings. The molecule has 0 unspecified atom stereocenters. The SMILES string of the molecule is CCOc1ccc(S(=O)(=O)N(CC(=O)N(Cc2ccccc2C)[C@H](C)C(=O)N[C@@H](C)CC)c2ccccc2)cc1. The lowest BCUT2D eigenvalue weighted by Crippen LogP contribution is -2.52. The Hall–Kier alpha value is -3.85. The number of ether oxygens (including phenoxy) is 1. The number of aryl methyl sites for hydroxylation is 1. The highest BCUT2D eigenvalue weighted by atomic mass is 32.2. The standard InChI is InChI=1S/C31H39N3O5S/c1-6-24(4)32-31(36)25(5)33(21-26-14-12-11-13-23(26)3)30(35)22-34(27-15-9-8-10-16-27)40(37,38)29-19-17-28(18-20-29)39-7-2/h8-20,24-25H,6-7,21-22H2,1-5H3,(H,32,36)/t24-,25+/m0/s1. The number of carbonyl (C=O) groups is 2. The van der Waals surface area contributed by atoms with E-state index in [4.69, 9.17) is 4.74 Å². The first-order valence-electron chi connectivity index (χ1n) is 13.5. The molecule has 0 bridgehead atoms. The topological polar surface area (TPSA) is 96.0 Å². The molecule has 2 atom stereocenters. The summed E-state index contributed by atoms with van der Waals surface area (Å²) in [5, 5.41) is 2.95. The number of rotatable bonds is 13. The van der Waals surface area contributed by atoms with Gasteiger partial charge in [-0.25, -0.2) is 8.42 Å². The van der Waals surface area contributed by atoms with Crippen LogP contribution in [0.2, 0.25) is 0 Å². The van der Waals surface area contributed by atoms with Gasteiger partial charge in [-0.3, -0.25) is 13.9 Å². The molecule has 0 heterocycles. The second-order valence-corrected chi connectivity index (χ2v) is 11.6. The van der Waals surface area contributed by atoms with Crippen molar-refractivity contribution in [3.05, 3.63) is 90.0 Å². The molecule has 0 aliphatic heterocycles. The normalized spacial score (nSPS) is 12.7. The summed E-state index contributed by atoms with van der Waals surface area (Å²) < 4.78 is 34.3. The van der Waals surface area contributed by atoms with Crippen molar-refractivity contribution in [2.45, 2.75) is 64.6 Å². The van der Waals surface area contributed by atoms with Gasteiger partial charge in [-0.15, -0.1) is 0 Å². The van der Waals surface area contributed by atoms with Crippen molar-refractivity contribution in [2.75, 3.05) is 17.5 Å². The van der Waals surface area contributed by atoms with Gasteiger partial charge in [0.2, 0.25) is 11.8 Å². The predicted molar refractivity (Wildman–Crippen MR) is 158 cm³/mol. The number of benzene rings is 3. The third-order valence-corrected chi connectivity index (χ3v) is 8.60. The molecule has 3 aromatic rings. The van der Waals surface area contributed by atoms with Crippen molar-refractivity contribution in [3.8, 4) is 5.75 Å². The molecule has 2 amide bonds. The van der Waals surface area contributed by atoms with Crippen LogP contribution in [0.15, 0.2) is 83.8 Å². The lowest BCUT2D eigenvalue weighted by molar-refractivity contribution is -0.139. The average Bonchev–Trinajstić information content (AvgIpc) is 2.95. The van der Waals surface area contributed by atoms with Crippen LogP contribution in [0.3, 0.4) is 0 Å². The summed E-state index contributed by atoms with van der Waals surface area (Å²) in [4.78, 5) is 28.6. The Morgan fingerprint density at radius 3 is 2.12 bits per heavy atom. The van der Waals surface area contributed by atoms with E-state index in [1.54, 1.807) is 49.4 Å². The van der Waals surface area contributed by atoms with Gasteiger partial charge in [-0.05, 0) is 81.6 Å². The first-order valence-corrected chi connectivity index (χ1v) is 15.0. The first kappa shape index (κ1) is 30.7. The summed E-state index contributed by atoms with van der Waals surface area (Å²) in [6.07, 6.45) is 0.742. The molecular formula is C31H39N3O5S. The minimum Gasteiger partial charge on any atom is -0.494 e. The fourth-order valence-corrected chi connectivity index (χ4v) is 5.56. The van der Waals surface area contributed by atoms with Crippen LogP contribution < -0.4 is 14.4 Å². The van der Waals surface area contributed by atoms with Crippen molar-refractivity contribution >= 4 is 27.5 Å². The summed E-state index contributed by atoms with van der Waals surface area (Å²) in [6, 6.07) is 21.3. The highest BCUT2D eigenvalue weighted by Gasteiger charge is 2.33. The zero-order valence-corrected chi connectivity index (χ0v) is 24.6. The Balaban J connectivity index is 2.00. The summed E-state index contributed by atoms with van der Waals surface area (Å²) in [7, 11) is -4.13. The van der Waals surface area contributed by atoms with Gasteiger partial charge in [-0.2, -0.15) is 0 Å². The van der Waals surface area contributed by atoms with Crippen molar-refractivity contribution in [1.82, 2.24) is 10.2 Å². The molecule has 3 aromatic carbocycles. The van der Waals surface area contributed by atoms with Gasteiger partial charge in [0, 0.05) is 12.6 Å². The number of nitrogens with zero attached hydrogens (tertiary/aromatic N) is 2. The molecule has 0 spiro atoms. The van der Waals surface area contributed by atoms with E-state index < -0.39 is 28.5 Å². The van der Waals surface area contributed by atoms with E-state index in [1.165, 1.54) is 17.0 Å². The van der Waals surface area contributed by atoms with Gasteiger partial charge >= 0.3 is 0 Å². The summed E-state index contributed by atoms with van der Waals surface area (Å²) in [5.74, 6) is -0.236. The lowest BCUT2D eigenvalue weighted by atomic mass is 10.1. The zero-order chi connectivity index (χ0) is 29.3. The largest absolute Gasteiger partial charge is 0.494 e. The highest BCUT2D eigenvalue weighted by Crippen LogP contribution is 2.26. The van der Waals surface area contributed by atoms with Crippen LogP contribution in [0, 0.1) is 6.92 Å². The maximum Gasteiger partial charge on any atom is 0.264 e. The summed E-state index contributed by atoms with van der Waals surface area (Å²) >= 11 is 0. The Morgan fingerprint density at radius 2 is 1.52 bits per heavy atom. The molecule has 0 saturated heterocycles. The van der Waals surface area contributed by atoms with Crippen molar-refractivity contribution in [2.24, 2.45) is 0 Å². The van der Waals surface area contributed by atoms with E-state index in [9.17, 15) is 18.0 Å². The molecule has 0 fully saturated rings. The summed E-state index contributed by atoms with van der Waals surface area (Å²) in [5.41, 5.74) is 2.19. The number of amides is 2. The fraction of sp³-hybridized carbons (Fsp3) is 0.355. The zero-order valence-electron chi connectivity index (χ0n) is 23.8. The maximum absolute atomic E-state index is 14.0. The van der Waals surface area contributed by atoms with E-state index in [0.29, 0.717) is 18.0 Å². The number of hydrogen-bond acceptors (Lipinski definition) is 5. The van der Waals surface area contributed by atoms with Gasteiger partial charge in [0.15, 0.2) is 0 Å². The molecule has 3 rings (SSSR count). The number of hydrogen-bond donors (Lipinski definition) is 1. The van der Waals surface area contributed by atoms with Crippen LogP contribution in [0.25, 0.3) is 0 Å². The Labute approximate surface area is 238 Å². The van der Waals surface area contributed by atoms with Crippen LogP contribution in [-0.4, -0.2) is 50.4 Å². The van der Waals surface area contributed by atoms with Gasteiger partial charge in [0.1, 0.15) is 18.3 Å². The minimum atomic E-state index is -4.13. The molecule has 0 aromatic heterocycles. The van der Waals surface area contributed by atoms with Crippen LogP contribution in [0.5, 0.6) is 5.75 Å². The third kappa shape index (κ3) is 7.63. The quantitative estimate of drug-likeness (QED) is 0.317. The monoisotopic (exact) mass is 565 g/mol. The number of nitrogens with one attached hydrogen (secondary N) is 1. The average molecular weight is 566 g/mol. The minimum absolute atomic E-state index is 0.0284. The van der Waals surface area contributed by atoms with Gasteiger partial charge in [0.25, 0.3) is 10.0 Å². The van der Waals surface area contributed by atoms with E-state index >= 15 is 0 Å². The van der Waals surface area contributed by atoms with Crippen LogP contribution in [-0.2, 0) is 26.2 Å². The Bertz CT molecular complexity index is 1380. The molecular weight excluding hydrogens is 526 g/mol. The van der Waals surface area contributed by atoms with E-state index in [2.05, 4.69) is 5.32 Å². The highest BCUT2D eigenvalue weighted by molar-refractivity contribution is 7.92. The van der Waals surface area contributed by atoms with Crippen molar-refractivity contribution in [3.63, 3.8) is 0 Å². The fourth-order valence-electron chi connectivity index (χ4n) is 4.14. The molecule has 40 heavy (non-hydrogen) atoms. The molecule has 214 valence electrons. The maximum atomic E-state index is 14.0. The van der Waals surface area contributed by atoms with Crippen molar-refractivity contribution in [1.29, 1.82) is 0 Å². The first-order chi connectivity index (χ1) is 19.1. The van der Waals surface area contributed by atoms with Crippen LogP contribution in [0.4, 0.5) is 5.69 Å².